The number of ether oxygens (including phenoxy) is 1. The molecule has 0 spiro atoms. The van der Waals surface area contributed by atoms with Gasteiger partial charge in [0.25, 0.3) is 5.91 Å². The standard InChI is InChI=1S/C15H20Cl2N2O2.ClH/c1-9-14(4-3-7-18-9)19-15(20)10(2)21-11-5-6-12(16)13(17)8-11;/h5-6,8-10,14,18H,3-4,7H2,1-2H3,(H,19,20);1H. The summed E-state index contributed by atoms with van der Waals surface area (Å²) in [6.07, 6.45) is 1.47. The van der Waals surface area contributed by atoms with Gasteiger partial charge < -0.3 is 15.4 Å². The Morgan fingerprint density at radius 2 is 2.14 bits per heavy atom. The highest BCUT2D eigenvalue weighted by molar-refractivity contribution is 6.42. The average Bonchev–Trinajstić information content (AvgIpc) is 2.45. The van der Waals surface area contributed by atoms with E-state index in [1.54, 1.807) is 25.1 Å². The number of hydrogen-bond donors (Lipinski definition) is 2. The predicted octanol–water partition coefficient (Wildman–Crippen LogP) is 3.44. The molecule has 7 heteroatoms. The van der Waals surface area contributed by atoms with E-state index < -0.39 is 6.10 Å². The molecule has 4 nitrogen and oxygen atoms in total. The lowest BCUT2D eigenvalue weighted by molar-refractivity contribution is -0.128. The molecule has 1 aliphatic heterocycles. The number of hydrogen-bond acceptors (Lipinski definition) is 3. The molecular weight excluding hydrogens is 347 g/mol. The fourth-order valence-corrected chi connectivity index (χ4v) is 2.64. The van der Waals surface area contributed by atoms with Gasteiger partial charge >= 0.3 is 0 Å². The van der Waals surface area contributed by atoms with E-state index in [-0.39, 0.29) is 30.4 Å². The van der Waals surface area contributed by atoms with Crippen molar-refractivity contribution in [3.8, 4) is 5.75 Å². The monoisotopic (exact) mass is 366 g/mol. The highest BCUT2D eigenvalue weighted by Crippen LogP contribution is 2.26. The molecule has 0 radical (unpaired) electrons. The molecule has 3 unspecified atom stereocenters. The van der Waals surface area contributed by atoms with Crippen LogP contribution < -0.4 is 15.4 Å². The van der Waals surface area contributed by atoms with E-state index in [2.05, 4.69) is 17.6 Å². The van der Waals surface area contributed by atoms with Crippen molar-refractivity contribution in [2.45, 2.75) is 44.9 Å². The van der Waals surface area contributed by atoms with Gasteiger partial charge in [-0.1, -0.05) is 23.2 Å². The summed E-state index contributed by atoms with van der Waals surface area (Å²) in [6, 6.07) is 5.38. The zero-order valence-corrected chi connectivity index (χ0v) is 14.9. The van der Waals surface area contributed by atoms with Crippen molar-refractivity contribution in [1.82, 2.24) is 10.6 Å². The fraction of sp³-hybridized carbons (Fsp3) is 0.533. The molecule has 0 bridgehead atoms. The number of benzene rings is 1. The minimum atomic E-state index is -0.587. The molecule has 1 aliphatic rings. The third-order valence-corrected chi connectivity index (χ3v) is 4.40. The van der Waals surface area contributed by atoms with Crippen LogP contribution in [0.1, 0.15) is 26.7 Å². The van der Waals surface area contributed by atoms with Crippen LogP contribution in [0.15, 0.2) is 18.2 Å². The van der Waals surface area contributed by atoms with Crippen LogP contribution in [0.5, 0.6) is 5.75 Å². The van der Waals surface area contributed by atoms with Crippen molar-refractivity contribution >= 4 is 41.5 Å². The number of carbonyl (C=O) groups is 1. The summed E-state index contributed by atoms with van der Waals surface area (Å²) in [4.78, 5) is 12.2. The molecule has 2 N–H and O–H groups in total. The maximum Gasteiger partial charge on any atom is 0.261 e. The summed E-state index contributed by atoms with van der Waals surface area (Å²) in [5.74, 6) is 0.406. The minimum Gasteiger partial charge on any atom is -0.481 e. The van der Waals surface area contributed by atoms with Gasteiger partial charge in [0.1, 0.15) is 5.75 Å². The second-order valence-corrected chi connectivity index (χ2v) is 6.15. The summed E-state index contributed by atoms with van der Waals surface area (Å²) >= 11 is 11.8. The molecule has 0 saturated carbocycles. The van der Waals surface area contributed by atoms with Gasteiger partial charge in [0, 0.05) is 18.2 Å². The van der Waals surface area contributed by atoms with Crippen molar-refractivity contribution in [1.29, 1.82) is 0 Å². The Kier molecular flexibility index (Phi) is 7.77. The minimum absolute atomic E-state index is 0. The second-order valence-electron chi connectivity index (χ2n) is 5.34. The Bertz CT molecular complexity index is 514. The molecule has 1 aromatic carbocycles. The lowest BCUT2D eigenvalue weighted by Gasteiger charge is -2.31. The van der Waals surface area contributed by atoms with E-state index in [9.17, 15) is 4.79 Å². The summed E-state index contributed by atoms with van der Waals surface area (Å²) in [5, 5.41) is 7.25. The third-order valence-electron chi connectivity index (χ3n) is 3.66. The average molecular weight is 368 g/mol. The van der Waals surface area contributed by atoms with Gasteiger partial charge in [-0.15, -0.1) is 12.4 Å². The Morgan fingerprint density at radius 3 is 2.77 bits per heavy atom. The summed E-state index contributed by atoms with van der Waals surface area (Å²) in [6.45, 7) is 4.80. The first-order chi connectivity index (χ1) is 9.97. The predicted molar refractivity (Wildman–Crippen MR) is 92.4 cm³/mol. The van der Waals surface area contributed by atoms with Crippen LogP contribution in [-0.2, 0) is 4.79 Å². The zero-order valence-electron chi connectivity index (χ0n) is 12.6. The lowest BCUT2D eigenvalue weighted by Crippen LogP contribution is -2.54. The van der Waals surface area contributed by atoms with Crippen LogP contribution in [0.3, 0.4) is 0 Å². The molecule has 2 rings (SSSR count). The maximum absolute atomic E-state index is 12.2. The van der Waals surface area contributed by atoms with Gasteiger partial charge in [-0.05, 0) is 45.4 Å². The highest BCUT2D eigenvalue weighted by atomic mass is 35.5. The first-order valence-corrected chi connectivity index (χ1v) is 7.88. The van der Waals surface area contributed by atoms with Crippen LogP contribution in [-0.4, -0.2) is 30.6 Å². The van der Waals surface area contributed by atoms with E-state index in [0.29, 0.717) is 15.8 Å². The first kappa shape index (κ1) is 19.4. The van der Waals surface area contributed by atoms with Gasteiger partial charge in [0.05, 0.1) is 10.0 Å². The molecule has 1 amide bonds. The number of piperidine rings is 1. The van der Waals surface area contributed by atoms with Crippen LogP contribution in [0.25, 0.3) is 0 Å². The lowest BCUT2D eigenvalue weighted by atomic mass is 10.00. The number of halogens is 3. The van der Waals surface area contributed by atoms with Gasteiger partial charge in [0.15, 0.2) is 6.10 Å². The topological polar surface area (TPSA) is 50.4 Å². The number of nitrogens with one attached hydrogen (secondary N) is 2. The smallest absolute Gasteiger partial charge is 0.261 e. The van der Waals surface area contributed by atoms with Crippen LogP contribution >= 0.6 is 35.6 Å². The van der Waals surface area contributed by atoms with Gasteiger partial charge in [-0.2, -0.15) is 0 Å². The van der Waals surface area contributed by atoms with Gasteiger partial charge in [-0.3, -0.25) is 4.79 Å². The summed E-state index contributed by atoms with van der Waals surface area (Å²) in [7, 11) is 0. The molecule has 0 aliphatic carbocycles. The molecular formula is C15H21Cl3N2O2. The maximum atomic E-state index is 12.2. The third kappa shape index (κ3) is 5.20. The van der Waals surface area contributed by atoms with Crippen LogP contribution in [0, 0.1) is 0 Å². The van der Waals surface area contributed by atoms with E-state index in [1.165, 1.54) is 0 Å². The van der Waals surface area contributed by atoms with Crippen LogP contribution in [0.2, 0.25) is 10.0 Å². The molecule has 22 heavy (non-hydrogen) atoms. The largest absolute Gasteiger partial charge is 0.481 e. The number of amides is 1. The Hall–Kier alpha value is -0.680. The summed E-state index contributed by atoms with van der Waals surface area (Å²) < 4.78 is 5.61. The Balaban J connectivity index is 0.00000242. The van der Waals surface area contributed by atoms with Crippen molar-refractivity contribution in [2.75, 3.05) is 6.54 Å². The highest BCUT2D eigenvalue weighted by Gasteiger charge is 2.25. The zero-order chi connectivity index (χ0) is 15.4. The van der Waals surface area contributed by atoms with E-state index in [4.69, 9.17) is 27.9 Å². The van der Waals surface area contributed by atoms with Crippen molar-refractivity contribution in [2.24, 2.45) is 0 Å². The molecule has 3 atom stereocenters. The molecule has 0 aromatic heterocycles. The van der Waals surface area contributed by atoms with E-state index in [0.717, 1.165) is 19.4 Å². The van der Waals surface area contributed by atoms with Gasteiger partial charge in [-0.25, -0.2) is 0 Å². The molecule has 1 fully saturated rings. The molecule has 124 valence electrons. The quantitative estimate of drug-likeness (QED) is 0.857. The first-order valence-electron chi connectivity index (χ1n) is 7.13. The van der Waals surface area contributed by atoms with Crippen molar-refractivity contribution in [3.05, 3.63) is 28.2 Å². The van der Waals surface area contributed by atoms with E-state index >= 15 is 0 Å². The van der Waals surface area contributed by atoms with Crippen molar-refractivity contribution in [3.63, 3.8) is 0 Å². The Morgan fingerprint density at radius 1 is 1.41 bits per heavy atom. The number of rotatable bonds is 4. The molecule has 1 heterocycles. The molecule has 1 saturated heterocycles. The molecule has 1 aromatic rings. The van der Waals surface area contributed by atoms with E-state index in [1.807, 2.05) is 0 Å². The normalized spacial score (nSPS) is 22.4. The second kappa shape index (κ2) is 8.82. The Labute approximate surface area is 147 Å². The van der Waals surface area contributed by atoms with Gasteiger partial charge in [0.2, 0.25) is 0 Å². The SMILES string of the molecule is CC(Oc1ccc(Cl)c(Cl)c1)C(=O)NC1CCCNC1C.Cl. The van der Waals surface area contributed by atoms with Crippen LogP contribution in [0.4, 0.5) is 0 Å². The number of carbonyl (C=O) groups excluding carboxylic acids is 1. The summed E-state index contributed by atoms with van der Waals surface area (Å²) in [5.41, 5.74) is 0. The van der Waals surface area contributed by atoms with Crippen molar-refractivity contribution < 1.29 is 9.53 Å². The fourth-order valence-electron chi connectivity index (χ4n) is 2.35.